The van der Waals surface area contributed by atoms with Crippen LogP contribution in [0.5, 0.6) is 0 Å². The Labute approximate surface area is 109 Å². The van der Waals surface area contributed by atoms with Gasteiger partial charge in [-0.25, -0.2) is 5.01 Å². The Morgan fingerprint density at radius 3 is 2.68 bits per heavy atom. The summed E-state index contributed by atoms with van der Waals surface area (Å²) in [6.45, 7) is 2.24. The number of benzene rings is 1. The van der Waals surface area contributed by atoms with Gasteiger partial charge in [0, 0.05) is 25.4 Å². The van der Waals surface area contributed by atoms with Crippen molar-refractivity contribution in [3.05, 3.63) is 29.8 Å². The minimum absolute atomic E-state index is 0.0609. The Morgan fingerprint density at radius 1 is 1.26 bits per heavy atom. The molecule has 0 aromatic heterocycles. The van der Waals surface area contributed by atoms with Crippen LogP contribution in [0.3, 0.4) is 0 Å². The van der Waals surface area contributed by atoms with Crippen molar-refractivity contribution < 1.29 is 17.9 Å². The number of alkyl halides is 3. The van der Waals surface area contributed by atoms with Crippen molar-refractivity contribution in [2.45, 2.75) is 24.6 Å². The van der Waals surface area contributed by atoms with Crippen molar-refractivity contribution in [3.63, 3.8) is 0 Å². The first-order chi connectivity index (χ1) is 8.97. The van der Waals surface area contributed by atoms with E-state index in [9.17, 15) is 13.2 Å². The Hall–Kier alpha value is -1.27. The summed E-state index contributed by atoms with van der Waals surface area (Å²) in [5, 5.41) is 1.89. The molecule has 0 saturated carbocycles. The molecule has 0 unspecified atom stereocenters. The first-order valence-corrected chi connectivity index (χ1v) is 6.30. The molecular weight excluding hydrogens is 257 g/mol. The van der Waals surface area contributed by atoms with Crippen LogP contribution in [-0.4, -0.2) is 30.3 Å². The third kappa shape index (κ3) is 2.55. The molecule has 3 rings (SSSR count). The number of hydrogen-bond donors (Lipinski definition) is 1. The van der Waals surface area contributed by atoms with Crippen molar-refractivity contribution >= 4 is 5.69 Å². The van der Waals surface area contributed by atoms with E-state index in [-0.39, 0.29) is 5.60 Å². The molecule has 1 aromatic carbocycles. The van der Waals surface area contributed by atoms with Crippen LogP contribution in [0.2, 0.25) is 0 Å². The zero-order chi connectivity index (χ0) is 13.5. The average Bonchev–Trinajstić information content (AvgIpc) is 2.77. The van der Waals surface area contributed by atoms with Gasteiger partial charge >= 0.3 is 6.18 Å². The number of nitrogens with zero attached hydrogens (tertiary/aromatic N) is 1. The monoisotopic (exact) mass is 272 g/mol. The molecule has 0 atom stereocenters. The Bertz CT molecular complexity index is 461. The largest absolute Gasteiger partial charge is 0.416 e. The summed E-state index contributed by atoms with van der Waals surface area (Å²) in [7, 11) is 0. The molecular formula is C13H15F3N2O. The maximum Gasteiger partial charge on any atom is 0.416 e. The zero-order valence-electron chi connectivity index (χ0n) is 10.3. The Morgan fingerprint density at radius 2 is 2.05 bits per heavy atom. The van der Waals surface area contributed by atoms with E-state index in [1.165, 1.54) is 6.07 Å². The minimum Gasteiger partial charge on any atom is -0.372 e. The molecule has 1 spiro atoms. The van der Waals surface area contributed by atoms with E-state index in [0.717, 1.165) is 44.7 Å². The van der Waals surface area contributed by atoms with Gasteiger partial charge in [0.25, 0.3) is 0 Å². The molecule has 1 N–H and O–H groups in total. The number of ether oxygens (including phenoxy) is 1. The van der Waals surface area contributed by atoms with Crippen LogP contribution in [0.4, 0.5) is 18.9 Å². The molecule has 2 heterocycles. The van der Waals surface area contributed by atoms with Gasteiger partial charge in [0.2, 0.25) is 0 Å². The van der Waals surface area contributed by atoms with Crippen LogP contribution in [0.15, 0.2) is 24.3 Å². The van der Waals surface area contributed by atoms with E-state index in [1.54, 1.807) is 6.07 Å². The molecule has 104 valence electrons. The van der Waals surface area contributed by atoms with Gasteiger partial charge in [-0.15, -0.1) is 0 Å². The summed E-state index contributed by atoms with van der Waals surface area (Å²) < 4.78 is 43.4. The summed E-state index contributed by atoms with van der Waals surface area (Å²) in [5.41, 5.74) is 2.76. The highest BCUT2D eigenvalue weighted by molar-refractivity contribution is 5.46. The van der Waals surface area contributed by atoms with Gasteiger partial charge in [-0.1, -0.05) is 6.07 Å². The highest BCUT2D eigenvalue weighted by atomic mass is 19.4. The van der Waals surface area contributed by atoms with Crippen molar-refractivity contribution in [2.75, 3.05) is 25.1 Å². The maximum atomic E-state index is 12.6. The van der Waals surface area contributed by atoms with Crippen LogP contribution < -0.4 is 5.43 Å². The van der Waals surface area contributed by atoms with Crippen LogP contribution >= 0.6 is 0 Å². The van der Waals surface area contributed by atoms with Gasteiger partial charge in [-0.2, -0.15) is 13.2 Å². The highest BCUT2D eigenvalue weighted by Gasteiger charge is 2.46. The lowest BCUT2D eigenvalue weighted by Gasteiger charge is -2.47. The molecule has 2 fully saturated rings. The zero-order valence-corrected chi connectivity index (χ0v) is 10.3. The summed E-state index contributed by atoms with van der Waals surface area (Å²) in [4.78, 5) is 0. The van der Waals surface area contributed by atoms with Gasteiger partial charge < -0.3 is 10.2 Å². The third-order valence-electron chi connectivity index (χ3n) is 3.62. The molecule has 0 radical (unpaired) electrons. The molecule has 6 heteroatoms. The topological polar surface area (TPSA) is 24.5 Å². The van der Waals surface area contributed by atoms with Gasteiger partial charge in [0.15, 0.2) is 0 Å². The number of nitrogens with one attached hydrogen (secondary N) is 1. The van der Waals surface area contributed by atoms with Crippen LogP contribution in [-0.2, 0) is 10.9 Å². The number of halogens is 3. The number of hydrogen-bond acceptors (Lipinski definition) is 3. The van der Waals surface area contributed by atoms with E-state index < -0.39 is 11.7 Å². The highest BCUT2D eigenvalue weighted by Crippen LogP contribution is 2.35. The number of hydrazine groups is 1. The molecule has 19 heavy (non-hydrogen) atoms. The predicted octanol–water partition coefficient (Wildman–Crippen LogP) is 2.90. The average molecular weight is 272 g/mol. The van der Waals surface area contributed by atoms with E-state index in [4.69, 9.17) is 4.74 Å². The van der Waals surface area contributed by atoms with E-state index in [2.05, 4.69) is 5.43 Å². The van der Waals surface area contributed by atoms with Gasteiger partial charge in [0.05, 0.1) is 11.2 Å². The van der Waals surface area contributed by atoms with Crippen LogP contribution in [0.25, 0.3) is 0 Å². The van der Waals surface area contributed by atoms with Gasteiger partial charge in [0.1, 0.15) is 0 Å². The second-order valence-electron chi connectivity index (χ2n) is 5.18. The SMILES string of the molecule is FC(F)(F)c1cccc(NN2CC3(CCCO3)C2)c1. The fraction of sp³-hybridized carbons (Fsp3) is 0.538. The Kier molecular flexibility index (Phi) is 2.94. The quantitative estimate of drug-likeness (QED) is 0.896. The predicted molar refractivity (Wildman–Crippen MR) is 64.6 cm³/mol. The fourth-order valence-corrected chi connectivity index (χ4v) is 2.68. The summed E-state index contributed by atoms with van der Waals surface area (Å²) in [6.07, 6.45) is -2.20. The summed E-state index contributed by atoms with van der Waals surface area (Å²) >= 11 is 0. The molecule has 0 aliphatic carbocycles. The molecule has 2 saturated heterocycles. The molecule has 2 aliphatic rings. The smallest absolute Gasteiger partial charge is 0.372 e. The molecule has 0 amide bonds. The molecule has 0 bridgehead atoms. The van der Waals surface area contributed by atoms with Gasteiger partial charge in [-0.05, 0) is 31.0 Å². The van der Waals surface area contributed by atoms with E-state index in [0.29, 0.717) is 5.69 Å². The first kappa shape index (κ1) is 12.7. The maximum absolute atomic E-state index is 12.6. The third-order valence-corrected chi connectivity index (χ3v) is 3.62. The molecule has 1 aromatic rings. The fourth-order valence-electron chi connectivity index (χ4n) is 2.68. The first-order valence-electron chi connectivity index (χ1n) is 6.30. The minimum atomic E-state index is -4.30. The lowest BCUT2D eigenvalue weighted by molar-refractivity contribution is -0.137. The van der Waals surface area contributed by atoms with Crippen molar-refractivity contribution in [1.29, 1.82) is 0 Å². The van der Waals surface area contributed by atoms with E-state index in [1.807, 2.05) is 5.01 Å². The summed E-state index contributed by atoms with van der Waals surface area (Å²) in [6, 6.07) is 5.24. The standard InChI is InChI=1S/C13H15F3N2O/c14-13(15,16)10-3-1-4-11(7-10)17-18-8-12(9-18)5-2-6-19-12/h1,3-4,7,17H,2,5-6,8-9H2. The second-order valence-corrected chi connectivity index (χ2v) is 5.18. The normalized spacial score (nSPS) is 22.5. The summed E-state index contributed by atoms with van der Waals surface area (Å²) in [5.74, 6) is 0. The van der Waals surface area contributed by atoms with Gasteiger partial charge in [-0.3, -0.25) is 0 Å². The van der Waals surface area contributed by atoms with Crippen molar-refractivity contribution in [3.8, 4) is 0 Å². The molecule has 2 aliphatic heterocycles. The van der Waals surface area contributed by atoms with Crippen LogP contribution in [0, 0.1) is 0 Å². The number of anilines is 1. The second kappa shape index (κ2) is 4.38. The number of rotatable bonds is 2. The lowest BCUT2D eigenvalue weighted by atomic mass is 9.93. The lowest BCUT2D eigenvalue weighted by Crippen LogP contribution is -2.63. The van der Waals surface area contributed by atoms with Crippen molar-refractivity contribution in [2.24, 2.45) is 0 Å². The molecule has 3 nitrogen and oxygen atoms in total. The van der Waals surface area contributed by atoms with Crippen LogP contribution in [0.1, 0.15) is 18.4 Å². The Balaban J connectivity index is 1.62. The van der Waals surface area contributed by atoms with Crippen molar-refractivity contribution in [1.82, 2.24) is 5.01 Å². The van der Waals surface area contributed by atoms with E-state index >= 15 is 0 Å².